The van der Waals surface area contributed by atoms with E-state index in [2.05, 4.69) is 31.9 Å². The molecule has 7 heteroatoms. The third-order valence-electron chi connectivity index (χ3n) is 5.14. The number of primary amides is 1. The van der Waals surface area contributed by atoms with Crippen molar-refractivity contribution in [1.29, 1.82) is 0 Å². The standard InChI is InChI=1S/C17H34N6O/c1-3-21-9-11-22(12-10-21)8-6-20-17(19-2)23-7-4-5-15(14-23)13-16(18)24/h15H,3-14H2,1-2H3,(H2,18,24)(H,19,20). The van der Waals surface area contributed by atoms with Crippen molar-refractivity contribution in [2.24, 2.45) is 16.6 Å². The molecule has 2 rings (SSSR count). The Labute approximate surface area is 146 Å². The van der Waals surface area contributed by atoms with Gasteiger partial charge < -0.3 is 20.9 Å². The molecule has 1 unspecified atom stereocenters. The van der Waals surface area contributed by atoms with Gasteiger partial charge in [-0.15, -0.1) is 0 Å². The molecule has 1 atom stereocenters. The molecule has 0 aromatic rings. The lowest BCUT2D eigenvalue weighted by Crippen LogP contribution is -2.51. The van der Waals surface area contributed by atoms with Gasteiger partial charge in [-0.05, 0) is 25.3 Å². The molecule has 2 aliphatic rings. The van der Waals surface area contributed by atoms with Crippen molar-refractivity contribution in [3.63, 3.8) is 0 Å². The molecular formula is C17H34N6O. The molecule has 3 N–H and O–H groups in total. The van der Waals surface area contributed by atoms with Crippen LogP contribution in [0.25, 0.3) is 0 Å². The van der Waals surface area contributed by atoms with Crippen molar-refractivity contribution in [1.82, 2.24) is 20.0 Å². The first-order chi connectivity index (χ1) is 11.6. The topological polar surface area (TPSA) is 77.2 Å². The molecule has 7 nitrogen and oxygen atoms in total. The van der Waals surface area contributed by atoms with E-state index in [4.69, 9.17) is 5.73 Å². The van der Waals surface area contributed by atoms with Gasteiger partial charge in [-0.3, -0.25) is 14.7 Å². The smallest absolute Gasteiger partial charge is 0.217 e. The number of guanidine groups is 1. The van der Waals surface area contributed by atoms with E-state index in [1.807, 2.05) is 7.05 Å². The number of likely N-dealkylation sites (tertiary alicyclic amines) is 1. The first-order valence-corrected chi connectivity index (χ1v) is 9.31. The number of piperidine rings is 1. The van der Waals surface area contributed by atoms with Crippen molar-refractivity contribution in [2.45, 2.75) is 26.2 Å². The van der Waals surface area contributed by atoms with Crippen molar-refractivity contribution >= 4 is 11.9 Å². The second-order valence-electron chi connectivity index (χ2n) is 6.87. The maximum absolute atomic E-state index is 11.2. The highest BCUT2D eigenvalue weighted by Gasteiger charge is 2.23. The van der Waals surface area contributed by atoms with Gasteiger partial charge in [0.15, 0.2) is 5.96 Å². The number of nitrogens with one attached hydrogen (secondary N) is 1. The minimum atomic E-state index is -0.198. The molecule has 0 bridgehead atoms. The summed E-state index contributed by atoms with van der Waals surface area (Å²) in [5.41, 5.74) is 5.35. The van der Waals surface area contributed by atoms with Crippen LogP contribution in [0.2, 0.25) is 0 Å². The van der Waals surface area contributed by atoms with Crippen molar-refractivity contribution in [3.05, 3.63) is 0 Å². The lowest BCUT2D eigenvalue weighted by atomic mass is 9.95. The van der Waals surface area contributed by atoms with E-state index in [1.165, 1.54) is 13.1 Å². The Morgan fingerprint density at radius 2 is 1.92 bits per heavy atom. The molecule has 2 fully saturated rings. The SMILES string of the molecule is CCN1CCN(CCNC(=NC)N2CCCC(CC(N)=O)C2)CC1. The number of piperazine rings is 1. The van der Waals surface area contributed by atoms with Crippen LogP contribution in [0.5, 0.6) is 0 Å². The lowest BCUT2D eigenvalue weighted by Gasteiger charge is -2.36. The quantitative estimate of drug-likeness (QED) is 0.517. The molecule has 0 spiro atoms. The zero-order chi connectivity index (χ0) is 17.4. The highest BCUT2D eigenvalue weighted by molar-refractivity contribution is 5.80. The summed E-state index contributed by atoms with van der Waals surface area (Å²) in [7, 11) is 1.83. The zero-order valence-electron chi connectivity index (χ0n) is 15.3. The molecule has 0 saturated carbocycles. The molecule has 24 heavy (non-hydrogen) atoms. The first kappa shape index (κ1) is 19.0. The van der Waals surface area contributed by atoms with Crippen molar-refractivity contribution < 1.29 is 4.79 Å². The molecule has 0 aliphatic carbocycles. The van der Waals surface area contributed by atoms with Crippen LogP contribution in [-0.2, 0) is 4.79 Å². The fourth-order valence-corrected chi connectivity index (χ4v) is 3.70. The lowest BCUT2D eigenvalue weighted by molar-refractivity contribution is -0.119. The highest BCUT2D eigenvalue weighted by Crippen LogP contribution is 2.19. The molecule has 0 aromatic heterocycles. The summed E-state index contributed by atoms with van der Waals surface area (Å²) in [4.78, 5) is 22.9. The molecule has 2 saturated heterocycles. The van der Waals surface area contributed by atoms with E-state index in [9.17, 15) is 4.79 Å². The summed E-state index contributed by atoms with van der Waals surface area (Å²) >= 11 is 0. The van der Waals surface area contributed by atoms with Gasteiger partial charge in [-0.25, -0.2) is 0 Å². The molecule has 2 aliphatic heterocycles. The summed E-state index contributed by atoms with van der Waals surface area (Å²) in [6.45, 7) is 11.9. The minimum absolute atomic E-state index is 0.198. The van der Waals surface area contributed by atoms with Crippen molar-refractivity contribution in [3.8, 4) is 0 Å². The van der Waals surface area contributed by atoms with E-state index in [1.54, 1.807) is 0 Å². The predicted octanol–water partition coefficient (Wildman–Crippen LogP) is -0.213. The van der Waals surface area contributed by atoms with E-state index < -0.39 is 0 Å². The van der Waals surface area contributed by atoms with Gasteiger partial charge in [-0.1, -0.05) is 6.92 Å². The first-order valence-electron chi connectivity index (χ1n) is 9.31. The second kappa shape index (κ2) is 9.84. The summed E-state index contributed by atoms with van der Waals surface area (Å²) in [5.74, 6) is 1.12. The number of nitrogens with two attached hydrogens (primary N) is 1. The number of rotatable bonds is 6. The number of hydrogen-bond donors (Lipinski definition) is 2. The van der Waals surface area contributed by atoms with Crippen LogP contribution in [0, 0.1) is 5.92 Å². The fraction of sp³-hybridized carbons (Fsp3) is 0.882. The monoisotopic (exact) mass is 338 g/mol. The Morgan fingerprint density at radius 1 is 1.21 bits per heavy atom. The third kappa shape index (κ3) is 5.94. The Bertz CT molecular complexity index is 419. The molecule has 138 valence electrons. The van der Waals surface area contributed by atoms with E-state index >= 15 is 0 Å². The summed E-state index contributed by atoms with van der Waals surface area (Å²) in [5, 5.41) is 3.49. The average Bonchev–Trinajstić information content (AvgIpc) is 2.59. The average molecular weight is 339 g/mol. The molecule has 2 heterocycles. The van der Waals surface area contributed by atoms with E-state index in [0.717, 1.165) is 64.6 Å². The van der Waals surface area contributed by atoms with E-state index in [0.29, 0.717) is 12.3 Å². The van der Waals surface area contributed by atoms with Crippen LogP contribution in [0.15, 0.2) is 4.99 Å². The zero-order valence-corrected chi connectivity index (χ0v) is 15.3. The van der Waals surface area contributed by atoms with Crippen LogP contribution in [-0.4, -0.2) is 92.5 Å². The number of amides is 1. The second-order valence-corrected chi connectivity index (χ2v) is 6.87. The van der Waals surface area contributed by atoms with Gasteiger partial charge in [0, 0.05) is 65.8 Å². The molecule has 1 amide bonds. The Kier molecular flexibility index (Phi) is 7.78. The number of hydrogen-bond acceptors (Lipinski definition) is 4. The maximum atomic E-state index is 11.2. The normalized spacial score (nSPS) is 24.2. The van der Waals surface area contributed by atoms with Gasteiger partial charge in [0.05, 0.1) is 0 Å². The Hall–Kier alpha value is -1.34. The van der Waals surface area contributed by atoms with Crippen LogP contribution in [0.3, 0.4) is 0 Å². The van der Waals surface area contributed by atoms with Gasteiger partial charge in [0.1, 0.15) is 0 Å². The van der Waals surface area contributed by atoms with Gasteiger partial charge in [-0.2, -0.15) is 0 Å². The fourth-order valence-electron chi connectivity index (χ4n) is 3.70. The number of aliphatic imine (C=N–C) groups is 1. The highest BCUT2D eigenvalue weighted by atomic mass is 16.1. The molecular weight excluding hydrogens is 304 g/mol. The van der Waals surface area contributed by atoms with E-state index in [-0.39, 0.29) is 5.91 Å². The van der Waals surface area contributed by atoms with Crippen LogP contribution >= 0.6 is 0 Å². The number of carbonyl (C=O) groups is 1. The number of nitrogens with zero attached hydrogens (tertiary/aromatic N) is 4. The minimum Gasteiger partial charge on any atom is -0.370 e. The molecule has 0 radical (unpaired) electrons. The van der Waals surface area contributed by atoms with Gasteiger partial charge in [0.2, 0.25) is 5.91 Å². The summed E-state index contributed by atoms with van der Waals surface area (Å²) in [6.07, 6.45) is 2.66. The molecule has 0 aromatic carbocycles. The van der Waals surface area contributed by atoms with Crippen LogP contribution in [0.4, 0.5) is 0 Å². The Balaban J connectivity index is 1.71. The van der Waals surface area contributed by atoms with Crippen LogP contribution in [0.1, 0.15) is 26.2 Å². The predicted molar refractivity (Wildman–Crippen MR) is 98.0 cm³/mol. The number of carbonyl (C=O) groups excluding carboxylic acids is 1. The van der Waals surface area contributed by atoms with Crippen molar-refractivity contribution in [2.75, 3.05) is 66.0 Å². The number of likely N-dealkylation sites (N-methyl/N-ethyl adjacent to an activating group) is 1. The third-order valence-corrected chi connectivity index (χ3v) is 5.14. The van der Waals surface area contributed by atoms with Gasteiger partial charge >= 0.3 is 0 Å². The summed E-state index contributed by atoms with van der Waals surface area (Å²) in [6, 6.07) is 0. The maximum Gasteiger partial charge on any atom is 0.217 e. The van der Waals surface area contributed by atoms with Crippen LogP contribution < -0.4 is 11.1 Å². The van der Waals surface area contributed by atoms with Gasteiger partial charge in [0.25, 0.3) is 0 Å². The largest absolute Gasteiger partial charge is 0.370 e. The summed E-state index contributed by atoms with van der Waals surface area (Å²) < 4.78 is 0. The Morgan fingerprint density at radius 3 is 2.54 bits per heavy atom.